The zero-order valence-corrected chi connectivity index (χ0v) is 20.6. The molecule has 0 heterocycles. The standard InChI is InChI=1S/C21H23ClN6O8/c1-5-26(7-6-20(30)36-4)17-10-15(23-12(2)29)16(11-19(17)35-3)24-25-21-14(22)8-13(27(31)32)9-18(21)28(33)34/h8-11H,5-7H2,1-4H3,(H,23,29). The Balaban J connectivity index is 2.61. The fourth-order valence-corrected chi connectivity index (χ4v) is 3.38. The molecule has 0 aliphatic rings. The Morgan fingerprint density at radius 3 is 2.33 bits per heavy atom. The van der Waals surface area contributed by atoms with E-state index in [0.717, 1.165) is 12.1 Å². The number of hydrogen-bond donors (Lipinski definition) is 1. The summed E-state index contributed by atoms with van der Waals surface area (Å²) >= 11 is 6.03. The van der Waals surface area contributed by atoms with Gasteiger partial charge in [0, 0.05) is 32.1 Å². The molecule has 0 radical (unpaired) electrons. The molecule has 1 amide bonds. The molecule has 14 nitrogen and oxygen atoms in total. The lowest BCUT2D eigenvalue weighted by atomic mass is 10.2. The topological polar surface area (TPSA) is 179 Å². The monoisotopic (exact) mass is 522 g/mol. The highest BCUT2D eigenvalue weighted by atomic mass is 35.5. The van der Waals surface area contributed by atoms with Crippen LogP contribution in [0.3, 0.4) is 0 Å². The lowest BCUT2D eigenvalue weighted by Gasteiger charge is -2.25. The van der Waals surface area contributed by atoms with E-state index in [9.17, 15) is 29.8 Å². The molecule has 2 aromatic carbocycles. The van der Waals surface area contributed by atoms with Gasteiger partial charge in [-0.05, 0) is 13.0 Å². The maximum absolute atomic E-state index is 11.8. The summed E-state index contributed by atoms with van der Waals surface area (Å²) in [5.74, 6) is -0.518. The summed E-state index contributed by atoms with van der Waals surface area (Å²) in [7, 11) is 2.69. The third-order valence-corrected chi connectivity index (χ3v) is 5.13. The van der Waals surface area contributed by atoms with E-state index in [1.165, 1.54) is 27.2 Å². The summed E-state index contributed by atoms with van der Waals surface area (Å²) < 4.78 is 10.1. The molecule has 0 saturated carbocycles. The van der Waals surface area contributed by atoms with Crippen LogP contribution in [0.5, 0.6) is 5.75 Å². The summed E-state index contributed by atoms with van der Waals surface area (Å²) in [6, 6.07) is 4.64. The average Bonchev–Trinajstić information content (AvgIpc) is 2.83. The number of carbonyl (C=O) groups excluding carboxylic acids is 2. The summed E-state index contributed by atoms with van der Waals surface area (Å²) in [5.41, 5.74) is -0.911. The highest BCUT2D eigenvalue weighted by Gasteiger charge is 2.24. The first-order valence-electron chi connectivity index (χ1n) is 10.4. The van der Waals surface area contributed by atoms with E-state index in [2.05, 4.69) is 20.3 Å². The molecule has 1 N–H and O–H groups in total. The van der Waals surface area contributed by atoms with Crippen LogP contribution in [0.15, 0.2) is 34.5 Å². The van der Waals surface area contributed by atoms with Crippen molar-refractivity contribution in [1.29, 1.82) is 0 Å². The van der Waals surface area contributed by atoms with Crippen LogP contribution in [0.1, 0.15) is 20.3 Å². The molecule has 0 aliphatic heterocycles. The minimum Gasteiger partial charge on any atom is -0.494 e. The molecule has 0 bridgehead atoms. The number of benzene rings is 2. The predicted octanol–water partition coefficient (Wildman–Crippen LogP) is 4.93. The molecular weight excluding hydrogens is 500 g/mol. The largest absolute Gasteiger partial charge is 0.494 e. The minimum absolute atomic E-state index is 0.0681. The molecule has 0 aromatic heterocycles. The van der Waals surface area contributed by atoms with Gasteiger partial charge in [0.05, 0.1) is 53.0 Å². The molecule has 2 aromatic rings. The molecular formula is C21H23ClN6O8. The minimum atomic E-state index is -0.869. The number of carbonyl (C=O) groups is 2. The zero-order chi connectivity index (χ0) is 27.0. The second-order valence-corrected chi connectivity index (χ2v) is 7.54. The summed E-state index contributed by atoms with van der Waals surface area (Å²) in [5, 5.41) is 32.6. The molecule has 15 heteroatoms. The predicted molar refractivity (Wildman–Crippen MR) is 131 cm³/mol. The van der Waals surface area contributed by atoms with Gasteiger partial charge in [0.2, 0.25) is 5.91 Å². The molecule has 0 saturated heterocycles. The average molecular weight is 523 g/mol. The Morgan fingerprint density at radius 2 is 1.81 bits per heavy atom. The molecule has 0 unspecified atom stereocenters. The van der Waals surface area contributed by atoms with Crippen molar-refractivity contribution in [1.82, 2.24) is 0 Å². The molecule has 36 heavy (non-hydrogen) atoms. The van der Waals surface area contributed by atoms with Crippen LogP contribution in [0, 0.1) is 20.2 Å². The molecule has 0 spiro atoms. The Labute approximate surface area is 210 Å². The van der Waals surface area contributed by atoms with Crippen LogP contribution in [-0.2, 0) is 14.3 Å². The highest BCUT2D eigenvalue weighted by Crippen LogP contribution is 2.42. The second kappa shape index (κ2) is 12.4. The quantitative estimate of drug-likeness (QED) is 0.185. The number of halogens is 1. The lowest BCUT2D eigenvalue weighted by molar-refractivity contribution is -0.393. The lowest BCUT2D eigenvalue weighted by Crippen LogP contribution is -2.26. The molecule has 0 fully saturated rings. The molecule has 2 rings (SSSR count). The number of ether oxygens (including phenoxy) is 2. The second-order valence-electron chi connectivity index (χ2n) is 7.14. The fourth-order valence-electron chi connectivity index (χ4n) is 3.14. The van der Waals surface area contributed by atoms with E-state index in [-0.39, 0.29) is 22.8 Å². The van der Waals surface area contributed by atoms with Gasteiger partial charge in [0.1, 0.15) is 11.4 Å². The fraction of sp³-hybridized carbons (Fsp3) is 0.333. The van der Waals surface area contributed by atoms with Gasteiger partial charge in [-0.1, -0.05) is 11.6 Å². The number of methoxy groups -OCH3 is 2. The number of rotatable bonds is 11. The van der Waals surface area contributed by atoms with Crippen LogP contribution >= 0.6 is 11.6 Å². The van der Waals surface area contributed by atoms with Gasteiger partial charge in [0.25, 0.3) is 5.69 Å². The van der Waals surface area contributed by atoms with E-state index in [4.69, 9.17) is 16.3 Å². The normalized spacial score (nSPS) is 10.7. The molecule has 192 valence electrons. The Hall–Kier alpha value is -4.33. The van der Waals surface area contributed by atoms with Crippen molar-refractivity contribution < 1.29 is 28.9 Å². The van der Waals surface area contributed by atoms with Gasteiger partial charge in [-0.2, -0.15) is 0 Å². The van der Waals surface area contributed by atoms with Gasteiger partial charge in [-0.3, -0.25) is 29.8 Å². The van der Waals surface area contributed by atoms with Gasteiger partial charge in [-0.15, -0.1) is 10.2 Å². The van der Waals surface area contributed by atoms with Crippen LogP contribution in [0.4, 0.5) is 34.1 Å². The number of nitro benzene ring substituents is 2. The number of nitrogens with zero attached hydrogens (tertiary/aromatic N) is 5. The van der Waals surface area contributed by atoms with Crippen molar-refractivity contribution in [2.75, 3.05) is 37.5 Å². The Bertz CT molecular complexity index is 1220. The number of azo groups is 1. The van der Waals surface area contributed by atoms with E-state index in [0.29, 0.717) is 24.5 Å². The van der Waals surface area contributed by atoms with Crippen molar-refractivity contribution in [3.8, 4) is 5.75 Å². The van der Waals surface area contributed by atoms with Gasteiger partial charge in [0.15, 0.2) is 5.69 Å². The van der Waals surface area contributed by atoms with Gasteiger partial charge in [-0.25, -0.2) is 0 Å². The Morgan fingerprint density at radius 1 is 1.11 bits per heavy atom. The van der Waals surface area contributed by atoms with Crippen LogP contribution in [0.25, 0.3) is 0 Å². The SMILES string of the molecule is CCN(CCC(=O)OC)c1cc(NC(C)=O)c(N=Nc2c(Cl)cc([N+](=O)[O-])cc2[N+](=O)[O-])cc1OC. The molecule has 0 atom stereocenters. The van der Waals surface area contributed by atoms with Gasteiger partial charge < -0.3 is 19.7 Å². The smallest absolute Gasteiger partial charge is 0.307 e. The third kappa shape index (κ3) is 6.85. The van der Waals surface area contributed by atoms with Crippen LogP contribution in [-0.4, -0.2) is 49.0 Å². The van der Waals surface area contributed by atoms with Crippen LogP contribution < -0.4 is 15.0 Å². The van der Waals surface area contributed by atoms with Crippen LogP contribution in [0.2, 0.25) is 5.02 Å². The summed E-state index contributed by atoms with van der Waals surface area (Å²) in [6.45, 7) is 3.92. The van der Waals surface area contributed by atoms with E-state index >= 15 is 0 Å². The first-order valence-corrected chi connectivity index (χ1v) is 10.8. The van der Waals surface area contributed by atoms with E-state index in [1.807, 2.05) is 11.8 Å². The number of nitrogens with one attached hydrogen (secondary N) is 1. The first-order chi connectivity index (χ1) is 17.0. The van der Waals surface area contributed by atoms with E-state index in [1.54, 1.807) is 6.07 Å². The number of esters is 1. The van der Waals surface area contributed by atoms with Crippen molar-refractivity contribution in [2.45, 2.75) is 20.3 Å². The third-order valence-electron chi connectivity index (χ3n) is 4.84. The first kappa shape index (κ1) is 27.9. The van der Waals surface area contributed by atoms with Crippen molar-refractivity contribution >= 4 is 57.6 Å². The maximum Gasteiger partial charge on any atom is 0.307 e. The Kier molecular flexibility index (Phi) is 9.61. The number of nitro groups is 2. The maximum atomic E-state index is 11.8. The van der Waals surface area contributed by atoms with Crippen molar-refractivity contribution in [2.24, 2.45) is 10.2 Å². The van der Waals surface area contributed by atoms with Gasteiger partial charge >= 0.3 is 11.7 Å². The summed E-state index contributed by atoms with van der Waals surface area (Å²) in [4.78, 5) is 46.1. The zero-order valence-electron chi connectivity index (χ0n) is 19.8. The molecule has 0 aliphatic carbocycles. The van der Waals surface area contributed by atoms with Crippen molar-refractivity contribution in [3.63, 3.8) is 0 Å². The number of hydrogen-bond acceptors (Lipinski definition) is 11. The highest BCUT2D eigenvalue weighted by molar-refractivity contribution is 6.33. The summed E-state index contributed by atoms with van der Waals surface area (Å²) in [6.07, 6.45) is 0.104. The number of non-ortho nitro benzene ring substituents is 1. The van der Waals surface area contributed by atoms with E-state index < -0.39 is 38.8 Å². The van der Waals surface area contributed by atoms with Crippen molar-refractivity contribution in [3.05, 3.63) is 49.5 Å². The number of amides is 1. The number of anilines is 2.